The molecule has 1 aliphatic heterocycles. The van der Waals surface area contributed by atoms with Crippen LogP contribution in [0, 0.1) is 0 Å². The van der Waals surface area contributed by atoms with Gasteiger partial charge in [-0.05, 0) is 18.8 Å². The summed E-state index contributed by atoms with van der Waals surface area (Å²) in [6.07, 6.45) is 5.09. The van der Waals surface area contributed by atoms with Gasteiger partial charge in [0.1, 0.15) is 6.26 Å². The Hall–Kier alpha value is -2.22. The molecular formula is C13H15N5O3. The van der Waals surface area contributed by atoms with Crippen molar-refractivity contribution in [3.8, 4) is 0 Å². The molecule has 1 amide bonds. The first kappa shape index (κ1) is 12.5. The second-order valence-electron chi connectivity index (χ2n) is 5.64. The van der Waals surface area contributed by atoms with Crippen molar-refractivity contribution in [3.63, 3.8) is 0 Å². The second kappa shape index (κ2) is 4.66. The number of ether oxygens (including phenoxy) is 1. The molecular weight excluding hydrogens is 274 g/mol. The van der Waals surface area contributed by atoms with Gasteiger partial charge in [0.25, 0.3) is 5.91 Å². The van der Waals surface area contributed by atoms with Gasteiger partial charge in [0, 0.05) is 11.5 Å². The van der Waals surface area contributed by atoms with E-state index in [-0.39, 0.29) is 11.6 Å². The fourth-order valence-corrected chi connectivity index (χ4v) is 3.00. The van der Waals surface area contributed by atoms with Gasteiger partial charge in [0.15, 0.2) is 5.69 Å². The van der Waals surface area contributed by atoms with Crippen molar-refractivity contribution in [1.82, 2.24) is 20.2 Å². The van der Waals surface area contributed by atoms with E-state index < -0.39 is 5.91 Å². The van der Waals surface area contributed by atoms with Crippen LogP contribution in [0.5, 0.6) is 0 Å². The molecule has 2 aromatic heterocycles. The summed E-state index contributed by atoms with van der Waals surface area (Å²) >= 11 is 0. The Morgan fingerprint density at radius 2 is 2.14 bits per heavy atom. The number of primary amides is 1. The van der Waals surface area contributed by atoms with Gasteiger partial charge in [-0.3, -0.25) is 4.79 Å². The van der Waals surface area contributed by atoms with Crippen LogP contribution in [0.15, 0.2) is 17.0 Å². The standard InChI is InChI=1S/C13H15N5O3/c14-13(19)12-10(6-21-16-12)7-1-9(2-7)18-11(3-15-17-18)8-4-20-5-8/h3,6-9H,1-2,4-5H2,(H2,14,19). The van der Waals surface area contributed by atoms with Crippen LogP contribution in [-0.2, 0) is 4.74 Å². The molecule has 8 nitrogen and oxygen atoms in total. The van der Waals surface area contributed by atoms with Gasteiger partial charge in [-0.25, -0.2) is 4.68 Å². The van der Waals surface area contributed by atoms with Crippen LogP contribution in [-0.4, -0.2) is 39.3 Å². The van der Waals surface area contributed by atoms with Crippen molar-refractivity contribution in [3.05, 3.63) is 29.4 Å². The molecule has 2 fully saturated rings. The molecule has 2 N–H and O–H groups in total. The minimum Gasteiger partial charge on any atom is -0.380 e. The fraction of sp³-hybridized carbons (Fsp3) is 0.538. The lowest BCUT2D eigenvalue weighted by molar-refractivity contribution is 0.00314. The van der Waals surface area contributed by atoms with Crippen molar-refractivity contribution < 1.29 is 14.1 Å². The van der Waals surface area contributed by atoms with Crippen LogP contribution in [0.4, 0.5) is 0 Å². The molecule has 3 heterocycles. The number of amides is 1. The van der Waals surface area contributed by atoms with E-state index in [2.05, 4.69) is 15.5 Å². The van der Waals surface area contributed by atoms with Crippen LogP contribution in [0.2, 0.25) is 0 Å². The molecule has 0 radical (unpaired) electrons. The Kier molecular flexibility index (Phi) is 2.78. The third kappa shape index (κ3) is 1.94. The lowest BCUT2D eigenvalue weighted by Gasteiger charge is -2.37. The summed E-state index contributed by atoms with van der Waals surface area (Å²) < 4.78 is 12.1. The SMILES string of the molecule is NC(=O)c1nocc1C1CC(n2nncc2C2COC2)C1. The zero-order valence-corrected chi connectivity index (χ0v) is 11.3. The molecule has 1 saturated carbocycles. The zero-order valence-electron chi connectivity index (χ0n) is 11.3. The maximum atomic E-state index is 11.3. The Balaban J connectivity index is 1.49. The second-order valence-corrected chi connectivity index (χ2v) is 5.64. The van der Waals surface area contributed by atoms with Crippen molar-refractivity contribution in [2.45, 2.75) is 30.7 Å². The summed E-state index contributed by atoms with van der Waals surface area (Å²) in [5.41, 5.74) is 7.46. The number of nitrogens with zero attached hydrogens (tertiary/aromatic N) is 4. The summed E-state index contributed by atoms with van der Waals surface area (Å²) in [7, 11) is 0. The van der Waals surface area contributed by atoms with Crippen LogP contribution in [0.25, 0.3) is 0 Å². The molecule has 110 valence electrons. The number of hydrogen-bond donors (Lipinski definition) is 1. The number of rotatable bonds is 4. The summed E-state index contributed by atoms with van der Waals surface area (Å²) in [5, 5.41) is 11.9. The number of carbonyl (C=O) groups is 1. The molecule has 0 unspecified atom stereocenters. The Morgan fingerprint density at radius 1 is 1.33 bits per heavy atom. The van der Waals surface area contributed by atoms with Crippen LogP contribution in [0.3, 0.4) is 0 Å². The van der Waals surface area contributed by atoms with E-state index in [1.54, 1.807) is 0 Å². The highest BCUT2D eigenvalue weighted by atomic mass is 16.5. The van der Waals surface area contributed by atoms with Gasteiger partial charge >= 0.3 is 0 Å². The molecule has 1 aliphatic carbocycles. The number of nitrogens with two attached hydrogens (primary N) is 1. The van der Waals surface area contributed by atoms with Gasteiger partial charge in [0.2, 0.25) is 0 Å². The normalized spacial score (nSPS) is 25.3. The third-order valence-electron chi connectivity index (χ3n) is 4.39. The number of aromatic nitrogens is 4. The molecule has 0 spiro atoms. The minimum absolute atomic E-state index is 0.235. The van der Waals surface area contributed by atoms with Crippen LogP contribution < -0.4 is 5.73 Å². The predicted molar refractivity (Wildman–Crippen MR) is 69.6 cm³/mol. The summed E-state index contributed by atoms with van der Waals surface area (Å²) in [6.45, 7) is 1.47. The van der Waals surface area contributed by atoms with Crippen molar-refractivity contribution in [1.29, 1.82) is 0 Å². The van der Waals surface area contributed by atoms with Gasteiger partial charge in [-0.1, -0.05) is 10.4 Å². The first-order valence-electron chi connectivity index (χ1n) is 6.96. The summed E-state index contributed by atoms with van der Waals surface area (Å²) in [4.78, 5) is 11.3. The van der Waals surface area contributed by atoms with E-state index in [1.807, 2.05) is 10.9 Å². The molecule has 0 aromatic carbocycles. The first-order valence-corrected chi connectivity index (χ1v) is 6.96. The fourth-order valence-electron chi connectivity index (χ4n) is 3.00. The van der Waals surface area contributed by atoms with Crippen LogP contribution in [0.1, 0.15) is 52.5 Å². The van der Waals surface area contributed by atoms with Crippen molar-refractivity contribution in [2.75, 3.05) is 13.2 Å². The van der Waals surface area contributed by atoms with Crippen molar-refractivity contribution in [2.24, 2.45) is 5.73 Å². The van der Waals surface area contributed by atoms with Crippen molar-refractivity contribution >= 4 is 5.91 Å². The van der Waals surface area contributed by atoms with E-state index in [9.17, 15) is 4.79 Å². The molecule has 2 aliphatic rings. The molecule has 0 atom stereocenters. The molecule has 21 heavy (non-hydrogen) atoms. The van der Waals surface area contributed by atoms with E-state index >= 15 is 0 Å². The Bertz CT molecular complexity index is 669. The van der Waals surface area contributed by atoms with Crippen LogP contribution >= 0.6 is 0 Å². The van der Waals surface area contributed by atoms with Gasteiger partial charge < -0.3 is 15.0 Å². The minimum atomic E-state index is -0.546. The molecule has 8 heteroatoms. The maximum Gasteiger partial charge on any atom is 0.271 e. The average Bonchev–Trinajstić information content (AvgIpc) is 2.95. The van der Waals surface area contributed by atoms with Gasteiger partial charge in [-0.15, -0.1) is 5.10 Å². The highest BCUT2D eigenvalue weighted by molar-refractivity contribution is 5.92. The molecule has 0 bridgehead atoms. The Morgan fingerprint density at radius 3 is 2.81 bits per heavy atom. The zero-order chi connectivity index (χ0) is 14.4. The third-order valence-corrected chi connectivity index (χ3v) is 4.39. The first-order chi connectivity index (χ1) is 10.2. The highest BCUT2D eigenvalue weighted by Gasteiger charge is 2.38. The lowest BCUT2D eigenvalue weighted by atomic mass is 9.75. The maximum absolute atomic E-state index is 11.3. The van der Waals surface area contributed by atoms with Gasteiger partial charge in [-0.2, -0.15) is 0 Å². The van der Waals surface area contributed by atoms with E-state index in [0.29, 0.717) is 12.0 Å². The Labute approximate surface area is 120 Å². The smallest absolute Gasteiger partial charge is 0.271 e. The topological polar surface area (TPSA) is 109 Å². The van der Waals surface area contributed by atoms with E-state index in [1.165, 1.54) is 6.26 Å². The molecule has 4 rings (SSSR count). The summed E-state index contributed by atoms with van der Waals surface area (Å²) in [5.74, 6) is 0.0875. The monoisotopic (exact) mass is 289 g/mol. The largest absolute Gasteiger partial charge is 0.380 e. The molecule has 2 aromatic rings. The lowest BCUT2D eigenvalue weighted by Crippen LogP contribution is -2.33. The number of carbonyl (C=O) groups excluding carboxylic acids is 1. The van der Waals surface area contributed by atoms with E-state index in [4.69, 9.17) is 15.0 Å². The predicted octanol–water partition coefficient (Wildman–Crippen LogP) is 0.597. The van der Waals surface area contributed by atoms with E-state index in [0.717, 1.165) is 37.3 Å². The highest BCUT2D eigenvalue weighted by Crippen LogP contribution is 2.46. The molecule has 1 saturated heterocycles. The quantitative estimate of drug-likeness (QED) is 0.882. The summed E-state index contributed by atoms with van der Waals surface area (Å²) in [6, 6.07) is 0.295. The average molecular weight is 289 g/mol. The van der Waals surface area contributed by atoms with Gasteiger partial charge in [0.05, 0.1) is 31.1 Å². The number of hydrogen-bond acceptors (Lipinski definition) is 6.